The number of carbonyl (C=O) groups excluding carboxylic acids is 2. The monoisotopic (exact) mass is 441 g/mol. The van der Waals surface area contributed by atoms with Crippen molar-refractivity contribution in [3.8, 4) is 0 Å². The van der Waals surface area contributed by atoms with Crippen LogP contribution in [0.3, 0.4) is 0 Å². The Kier molecular flexibility index (Phi) is 3.45. The van der Waals surface area contributed by atoms with Gasteiger partial charge in [0, 0.05) is 59.1 Å². The van der Waals surface area contributed by atoms with E-state index in [1.165, 1.54) is 6.07 Å². The van der Waals surface area contributed by atoms with Crippen molar-refractivity contribution < 1.29 is 17.8 Å². The van der Waals surface area contributed by atoms with Gasteiger partial charge < -0.3 is 16.1 Å². The zero-order chi connectivity index (χ0) is 27.5. The third-order valence-electron chi connectivity index (χ3n) is 5.86. The van der Waals surface area contributed by atoms with Crippen LogP contribution in [0.15, 0.2) is 32.9 Å². The molecule has 2 unspecified atom stereocenters. The Balaban J connectivity index is 1.61. The van der Waals surface area contributed by atoms with Crippen molar-refractivity contribution in [3.05, 3.63) is 23.7 Å². The van der Waals surface area contributed by atoms with Crippen LogP contribution in [-0.4, -0.2) is 65.4 Å². The fourth-order valence-electron chi connectivity index (χ4n) is 4.12. The number of rotatable bonds is 4. The normalized spacial score (nSPS) is 31.3. The van der Waals surface area contributed by atoms with E-state index < -0.39 is 36.8 Å². The fourth-order valence-corrected chi connectivity index (χ4v) is 4.12. The summed E-state index contributed by atoms with van der Waals surface area (Å²) in [6.07, 6.45) is 4.81. The molecule has 1 aromatic rings. The molecule has 11 heteroatoms. The fraction of sp³-hybridized carbons (Fsp3) is 0.476. The summed E-state index contributed by atoms with van der Waals surface area (Å²) in [5.41, 5.74) is 3.05. The second kappa shape index (κ2) is 7.59. The molecular formula is C21H25N9O2. The number of amides is 2. The largest absolute Gasteiger partial charge is 0.354 e. The zero-order valence-electron chi connectivity index (χ0n) is 23.2. The van der Waals surface area contributed by atoms with E-state index in [-0.39, 0.29) is 35.6 Å². The molecule has 1 saturated carbocycles. The summed E-state index contributed by atoms with van der Waals surface area (Å²) in [7, 11) is 1.83. The summed E-state index contributed by atoms with van der Waals surface area (Å²) in [4.78, 5) is 38.2. The van der Waals surface area contributed by atoms with E-state index >= 15 is 0 Å². The van der Waals surface area contributed by atoms with Gasteiger partial charge in [0.05, 0.1) is 16.8 Å². The van der Waals surface area contributed by atoms with Crippen LogP contribution in [0.1, 0.15) is 44.8 Å². The Morgan fingerprint density at radius 3 is 3.03 bits per heavy atom. The van der Waals surface area contributed by atoms with Gasteiger partial charge in [-0.05, 0) is 19.3 Å². The maximum Gasteiger partial charge on any atom is 0.273 e. The van der Waals surface area contributed by atoms with Crippen LogP contribution < -0.4 is 16.1 Å². The van der Waals surface area contributed by atoms with E-state index in [2.05, 4.69) is 35.9 Å². The lowest BCUT2D eigenvalue weighted by Gasteiger charge is -2.36. The molecule has 1 spiro atoms. The van der Waals surface area contributed by atoms with Crippen LogP contribution in [0.25, 0.3) is 0 Å². The van der Waals surface area contributed by atoms with Crippen LogP contribution in [0.4, 0.5) is 11.5 Å². The van der Waals surface area contributed by atoms with Gasteiger partial charge in [0.2, 0.25) is 5.91 Å². The molecule has 4 aliphatic rings. The molecule has 1 saturated heterocycles. The number of amidine groups is 1. The molecule has 2 amide bonds. The number of aliphatic imine (C=N–C) groups is 3. The third-order valence-corrected chi connectivity index (χ3v) is 5.86. The highest BCUT2D eigenvalue weighted by Gasteiger charge is 2.50. The standard InChI is InChI=1S/C21H25N9O2/c1-11-7-21-10-30(3)29-15(21)9-23-8-14(21)25-18(11)24-13-6-16(26-19(31)12-4-5-12)27-28-17(13)20(32)22-2/h6,8-9,11-12,29H,4-5,7,10H2,1-3H3,(H,22,32)(H,26,27,31)/i1D3,2D3. The van der Waals surface area contributed by atoms with Crippen molar-refractivity contribution in [2.24, 2.45) is 32.2 Å². The van der Waals surface area contributed by atoms with Gasteiger partial charge in [-0.3, -0.25) is 14.6 Å². The molecule has 3 N–H and O–H groups in total. The first-order valence-electron chi connectivity index (χ1n) is 13.2. The maximum absolute atomic E-state index is 12.7. The number of anilines is 1. The Hall–Kier alpha value is -3.47. The predicted octanol–water partition coefficient (Wildman–Crippen LogP) is 1.06. The summed E-state index contributed by atoms with van der Waals surface area (Å²) in [6, 6.07) is 1.25. The summed E-state index contributed by atoms with van der Waals surface area (Å²) in [6.45, 7) is -4.86. The molecule has 0 radical (unpaired) electrons. The first-order valence-corrected chi connectivity index (χ1v) is 10.2. The molecule has 2 atom stereocenters. The molecule has 32 heavy (non-hydrogen) atoms. The number of aromatic nitrogens is 2. The van der Waals surface area contributed by atoms with E-state index in [1.54, 1.807) is 12.4 Å². The second-order valence-electron chi connectivity index (χ2n) is 8.28. The van der Waals surface area contributed by atoms with E-state index in [0.717, 1.165) is 18.5 Å². The molecule has 1 aromatic heterocycles. The van der Waals surface area contributed by atoms with Crippen molar-refractivity contribution in [2.45, 2.75) is 26.1 Å². The summed E-state index contributed by atoms with van der Waals surface area (Å²) in [5.74, 6) is -2.74. The zero-order valence-corrected chi connectivity index (χ0v) is 17.2. The van der Waals surface area contributed by atoms with Gasteiger partial charge in [-0.25, -0.2) is 15.0 Å². The number of hydrazine groups is 1. The SMILES string of the molecule is [2H]C([2H])([2H])NC(=O)c1nnc(NC(=O)C2CC2)cc1N=C1N=C2C=NC=C3NN(C)CC32CC1C([2H])([2H])[2H]. The summed E-state index contributed by atoms with van der Waals surface area (Å²) < 4.78 is 46.8. The van der Waals surface area contributed by atoms with Gasteiger partial charge >= 0.3 is 0 Å². The van der Waals surface area contributed by atoms with Crippen molar-refractivity contribution in [1.82, 2.24) is 25.9 Å². The molecule has 1 aliphatic carbocycles. The highest BCUT2D eigenvalue weighted by Crippen LogP contribution is 2.44. The lowest BCUT2D eigenvalue weighted by atomic mass is 9.71. The molecule has 0 bridgehead atoms. The van der Waals surface area contributed by atoms with E-state index in [1.807, 2.05) is 17.4 Å². The van der Waals surface area contributed by atoms with Crippen molar-refractivity contribution >= 4 is 41.1 Å². The van der Waals surface area contributed by atoms with Crippen LogP contribution in [0, 0.1) is 17.3 Å². The number of nitrogens with one attached hydrogen (secondary N) is 3. The number of hydrogen-bond acceptors (Lipinski definition) is 8. The lowest BCUT2D eigenvalue weighted by Crippen LogP contribution is -2.44. The first kappa shape index (κ1) is 14.6. The minimum atomic E-state index is -2.82. The van der Waals surface area contributed by atoms with E-state index in [9.17, 15) is 9.59 Å². The average molecular weight is 442 g/mol. The molecule has 5 rings (SSSR count). The number of nitrogens with zero attached hydrogens (tertiary/aromatic N) is 6. The third kappa shape index (κ3) is 3.48. The van der Waals surface area contributed by atoms with Crippen LogP contribution in [0.5, 0.6) is 0 Å². The highest BCUT2D eigenvalue weighted by molar-refractivity contribution is 6.37. The van der Waals surface area contributed by atoms with Crippen LogP contribution >= 0.6 is 0 Å². The van der Waals surface area contributed by atoms with Gasteiger partial charge in [-0.15, -0.1) is 10.2 Å². The molecule has 3 aliphatic heterocycles. The summed E-state index contributed by atoms with van der Waals surface area (Å²) in [5, 5.41) is 13.9. The van der Waals surface area contributed by atoms with Crippen molar-refractivity contribution in [1.29, 1.82) is 0 Å². The molecule has 0 aromatic carbocycles. The van der Waals surface area contributed by atoms with Gasteiger partial charge in [0.15, 0.2) is 11.5 Å². The van der Waals surface area contributed by atoms with Crippen LogP contribution in [-0.2, 0) is 4.79 Å². The average Bonchev–Trinajstić information content (AvgIpc) is 3.58. The van der Waals surface area contributed by atoms with Crippen molar-refractivity contribution in [3.63, 3.8) is 0 Å². The Morgan fingerprint density at radius 2 is 2.25 bits per heavy atom. The van der Waals surface area contributed by atoms with Gasteiger partial charge in [-0.1, -0.05) is 6.85 Å². The van der Waals surface area contributed by atoms with Gasteiger partial charge in [-0.2, -0.15) is 0 Å². The second-order valence-corrected chi connectivity index (χ2v) is 8.28. The van der Waals surface area contributed by atoms with E-state index in [0.29, 0.717) is 12.3 Å². The number of hydrogen-bond donors (Lipinski definition) is 3. The summed E-state index contributed by atoms with van der Waals surface area (Å²) >= 11 is 0. The highest BCUT2D eigenvalue weighted by atomic mass is 16.2. The van der Waals surface area contributed by atoms with Crippen molar-refractivity contribution in [2.75, 3.05) is 25.9 Å². The maximum atomic E-state index is 12.7. The predicted molar refractivity (Wildman–Crippen MR) is 120 cm³/mol. The first-order chi connectivity index (χ1) is 17.7. The minimum Gasteiger partial charge on any atom is -0.354 e. The minimum absolute atomic E-state index is 0.0110. The van der Waals surface area contributed by atoms with E-state index in [4.69, 9.17) is 8.22 Å². The molecule has 2 fully saturated rings. The van der Waals surface area contributed by atoms with Gasteiger partial charge in [0.25, 0.3) is 5.91 Å². The molecule has 166 valence electrons. The van der Waals surface area contributed by atoms with Crippen LogP contribution in [0.2, 0.25) is 0 Å². The smallest absolute Gasteiger partial charge is 0.273 e. The molecule has 11 nitrogen and oxygen atoms in total. The Morgan fingerprint density at radius 1 is 1.38 bits per heavy atom. The lowest BCUT2D eigenvalue weighted by molar-refractivity contribution is -0.117. The quantitative estimate of drug-likeness (QED) is 0.639. The Bertz CT molecular complexity index is 1310. The number of carbonyl (C=O) groups is 2. The Labute approximate surface area is 193 Å². The topological polar surface area (TPSA) is 136 Å². The molecular weight excluding hydrogens is 410 g/mol. The molecule has 4 heterocycles. The van der Waals surface area contributed by atoms with Gasteiger partial charge in [0.1, 0.15) is 11.5 Å².